The largest absolute Gasteiger partial charge is 0.382 e. The molecule has 110 valence electrons. The average molecular weight is 271 g/mol. The van der Waals surface area contributed by atoms with Crippen LogP contribution in [0.1, 0.15) is 44.9 Å². The van der Waals surface area contributed by atoms with Crippen molar-refractivity contribution in [2.24, 2.45) is 5.92 Å². The Morgan fingerprint density at radius 2 is 1.95 bits per heavy atom. The lowest BCUT2D eigenvalue weighted by atomic mass is 9.84. The molecule has 1 N–H and O–H groups in total. The molecule has 0 aromatic rings. The number of rotatable bonds is 8. The minimum absolute atomic E-state index is 0.121. The Balaban J connectivity index is 1.80. The first-order valence-electron chi connectivity index (χ1n) is 7.32. The zero-order valence-electron chi connectivity index (χ0n) is 11.8. The van der Waals surface area contributed by atoms with Crippen molar-refractivity contribution >= 4 is 5.91 Å². The first-order valence-corrected chi connectivity index (χ1v) is 7.32. The van der Waals surface area contributed by atoms with Crippen LogP contribution in [0.25, 0.3) is 0 Å². The number of hydrogen-bond acceptors (Lipinski definition) is 4. The lowest BCUT2D eigenvalue weighted by molar-refractivity contribution is -0.167. The van der Waals surface area contributed by atoms with E-state index in [4.69, 9.17) is 14.3 Å². The highest BCUT2D eigenvalue weighted by atomic mass is 16.7. The second kappa shape index (κ2) is 7.22. The number of amides is 1. The van der Waals surface area contributed by atoms with Crippen molar-refractivity contribution < 1.29 is 19.1 Å². The lowest BCUT2D eigenvalue weighted by Crippen LogP contribution is -2.50. The van der Waals surface area contributed by atoms with Gasteiger partial charge in [0, 0.05) is 7.11 Å². The minimum Gasteiger partial charge on any atom is -0.382 e. The molecule has 19 heavy (non-hydrogen) atoms. The second-order valence-electron chi connectivity index (χ2n) is 5.58. The van der Waals surface area contributed by atoms with Gasteiger partial charge in [-0.2, -0.15) is 0 Å². The highest BCUT2D eigenvalue weighted by molar-refractivity contribution is 5.84. The summed E-state index contributed by atoms with van der Waals surface area (Å²) in [5, 5.41) is 0. The van der Waals surface area contributed by atoms with Crippen molar-refractivity contribution in [3.05, 3.63) is 0 Å². The van der Waals surface area contributed by atoms with Gasteiger partial charge in [0.25, 0.3) is 5.91 Å². The number of hydrogen-bond donors (Lipinski definition) is 1. The molecule has 5 heteroatoms. The Labute approximate surface area is 114 Å². The average Bonchev–Trinajstić information content (AvgIpc) is 3.24. The Morgan fingerprint density at radius 3 is 2.58 bits per heavy atom. The van der Waals surface area contributed by atoms with Crippen LogP contribution < -0.4 is 5.48 Å². The summed E-state index contributed by atoms with van der Waals surface area (Å²) < 4.78 is 10.8. The van der Waals surface area contributed by atoms with Crippen molar-refractivity contribution in [1.82, 2.24) is 5.48 Å². The predicted molar refractivity (Wildman–Crippen MR) is 70.5 cm³/mol. The van der Waals surface area contributed by atoms with Crippen molar-refractivity contribution in [2.75, 3.05) is 26.9 Å². The van der Waals surface area contributed by atoms with E-state index in [1.54, 1.807) is 7.11 Å². The maximum atomic E-state index is 12.3. The van der Waals surface area contributed by atoms with E-state index in [-0.39, 0.29) is 5.91 Å². The summed E-state index contributed by atoms with van der Waals surface area (Å²) in [6.45, 7) is 1.59. The molecule has 0 bridgehead atoms. The molecule has 0 atom stereocenters. The maximum Gasteiger partial charge on any atom is 0.275 e. The SMILES string of the molecule is COCCOC1(C(=O)NOCC2CC2)CCCCC1. The monoisotopic (exact) mass is 271 g/mol. The molecule has 2 saturated carbocycles. The fraction of sp³-hybridized carbons (Fsp3) is 0.929. The molecular formula is C14H25NO4. The van der Waals surface area contributed by atoms with Crippen LogP contribution in [0.5, 0.6) is 0 Å². The third kappa shape index (κ3) is 4.44. The first-order chi connectivity index (χ1) is 9.27. The van der Waals surface area contributed by atoms with Crippen LogP contribution in [0, 0.1) is 5.92 Å². The predicted octanol–water partition coefficient (Wildman–Crippen LogP) is 1.81. The molecule has 0 unspecified atom stereocenters. The fourth-order valence-corrected chi connectivity index (χ4v) is 2.48. The zero-order chi connectivity index (χ0) is 13.6. The van der Waals surface area contributed by atoms with Crippen LogP contribution in [0.4, 0.5) is 0 Å². The molecule has 0 radical (unpaired) electrons. The summed E-state index contributed by atoms with van der Waals surface area (Å²) in [7, 11) is 1.63. The van der Waals surface area contributed by atoms with Crippen molar-refractivity contribution in [3.63, 3.8) is 0 Å². The molecule has 1 amide bonds. The molecule has 2 fully saturated rings. The van der Waals surface area contributed by atoms with Crippen LogP contribution in [0.3, 0.4) is 0 Å². The molecule has 5 nitrogen and oxygen atoms in total. The Hall–Kier alpha value is -0.650. The third-order valence-corrected chi connectivity index (χ3v) is 3.92. The van der Waals surface area contributed by atoms with Gasteiger partial charge in [0.1, 0.15) is 5.60 Å². The molecule has 2 aliphatic rings. The highest BCUT2D eigenvalue weighted by Crippen LogP contribution is 2.32. The van der Waals surface area contributed by atoms with Gasteiger partial charge >= 0.3 is 0 Å². The number of methoxy groups -OCH3 is 1. The van der Waals surface area contributed by atoms with Crippen molar-refractivity contribution in [1.29, 1.82) is 0 Å². The third-order valence-electron chi connectivity index (χ3n) is 3.92. The first kappa shape index (κ1) is 14.8. The van der Waals surface area contributed by atoms with Crippen molar-refractivity contribution in [3.8, 4) is 0 Å². The Morgan fingerprint density at radius 1 is 1.21 bits per heavy atom. The molecule has 0 spiro atoms. The lowest BCUT2D eigenvalue weighted by Gasteiger charge is -2.35. The quantitative estimate of drug-likeness (QED) is 0.540. The summed E-state index contributed by atoms with van der Waals surface area (Å²) in [5.74, 6) is 0.515. The number of nitrogens with one attached hydrogen (secondary N) is 1. The van der Waals surface area contributed by atoms with Gasteiger partial charge < -0.3 is 9.47 Å². The maximum absolute atomic E-state index is 12.3. The molecule has 2 aliphatic carbocycles. The summed E-state index contributed by atoms with van der Waals surface area (Å²) >= 11 is 0. The minimum atomic E-state index is -0.708. The highest BCUT2D eigenvalue weighted by Gasteiger charge is 2.41. The summed E-state index contributed by atoms with van der Waals surface area (Å²) in [6.07, 6.45) is 7.21. The Kier molecular flexibility index (Phi) is 5.60. The van der Waals surface area contributed by atoms with E-state index in [0.717, 1.165) is 25.7 Å². The van der Waals surface area contributed by atoms with Gasteiger partial charge in [-0.3, -0.25) is 9.63 Å². The zero-order valence-corrected chi connectivity index (χ0v) is 11.8. The second-order valence-corrected chi connectivity index (χ2v) is 5.58. The molecule has 2 rings (SSSR count). The summed E-state index contributed by atoms with van der Waals surface area (Å²) in [4.78, 5) is 17.6. The molecule has 0 aliphatic heterocycles. The van der Waals surface area contributed by atoms with Crippen LogP contribution in [0.2, 0.25) is 0 Å². The van der Waals surface area contributed by atoms with E-state index in [1.807, 2.05) is 0 Å². The van der Waals surface area contributed by atoms with E-state index in [0.29, 0.717) is 25.7 Å². The summed E-state index contributed by atoms with van der Waals surface area (Å²) in [6, 6.07) is 0. The number of ether oxygens (including phenoxy) is 2. The normalized spacial score (nSPS) is 22.2. The van der Waals surface area contributed by atoms with Gasteiger partial charge in [-0.25, -0.2) is 5.48 Å². The van der Waals surface area contributed by atoms with Gasteiger partial charge in [0.05, 0.1) is 19.8 Å². The van der Waals surface area contributed by atoms with Gasteiger partial charge in [-0.05, 0) is 31.6 Å². The van der Waals surface area contributed by atoms with E-state index in [9.17, 15) is 4.79 Å². The fourth-order valence-electron chi connectivity index (χ4n) is 2.48. The Bertz CT molecular complexity index is 285. The van der Waals surface area contributed by atoms with Crippen LogP contribution >= 0.6 is 0 Å². The number of carbonyl (C=O) groups is 1. The van der Waals surface area contributed by atoms with Crippen LogP contribution in [-0.2, 0) is 19.1 Å². The van der Waals surface area contributed by atoms with Crippen molar-refractivity contribution in [2.45, 2.75) is 50.5 Å². The molecule has 0 heterocycles. The topological polar surface area (TPSA) is 56.8 Å². The van der Waals surface area contributed by atoms with Gasteiger partial charge in [-0.15, -0.1) is 0 Å². The number of carbonyl (C=O) groups excluding carboxylic acids is 1. The smallest absolute Gasteiger partial charge is 0.275 e. The van der Waals surface area contributed by atoms with E-state index < -0.39 is 5.60 Å². The summed E-state index contributed by atoms with van der Waals surface area (Å²) in [5.41, 5.74) is 1.88. The van der Waals surface area contributed by atoms with E-state index >= 15 is 0 Å². The van der Waals surface area contributed by atoms with E-state index in [2.05, 4.69) is 5.48 Å². The van der Waals surface area contributed by atoms with E-state index in [1.165, 1.54) is 19.3 Å². The standard InChI is InChI=1S/C14H25NO4/c1-17-9-10-18-14(7-3-2-4-8-14)13(16)15-19-11-12-5-6-12/h12H,2-11H2,1H3,(H,15,16). The van der Waals surface area contributed by atoms with Gasteiger partial charge in [0.2, 0.25) is 0 Å². The molecule has 0 aromatic heterocycles. The molecule has 0 aromatic carbocycles. The van der Waals surface area contributed by atoms with Crippen LogP contribution in [-0.4, -0.2) is 38.4 Å². The van der Waals surface area contributed by atoms with Gasteiger partial charge in [0.15, 0.2) is 0 Å². The van der Waals surface area contributed by atoms with Gasteiger partial charge in [-0.1, -0.05) is 19.3 Å². The van der Waals surface area contributed by atoms with Crippen LogP contribution in [0.15, 0.2) is 0 Å². The molecule has 0 saturated heterocycles. The number of hydroxylamine groups is 1. The molecular weight excluding hydrogens is 246 g/mol.